The molecule has 0 unspecified atom stereocenters. The van der Waals surface area contributed by atoms with Crippen LogP contribution >= 0.6 is 8.43 Å². The summed E-state index contributed by atoms with van der Waals surface area (Å²) in [5, 5.41) is 19.1. The molecule has 0 aromatic heterocycles. The Bertz CT molecular complexity index is 414. The molecular weight excluding hydrogens is 331 g/mol. The van der Waals surface area contributed by atoms with Gasteiger partial charge in [-0.15, -0.1) is 0 Å². The van der Waals surface area contributed by atoms with Crippen molar-refractivity contribution in [2.75, 3.05) is 13.2 Å². The van der Waals surface area contributed by atoms with Gasteiger partial charge in [0.15, 0.2) is 0 Å². The molecule has 6 nitrogen and oxygen atoms in total. The second-order valence-corrected chi connectivity index (χ2v) is 6.51. The van der Waals surface area contributed by atoms with E-state index in [1.165, 1.54) is 0 Å². The predicted molar refractivity (Wildman–Crippen MR) is 94.1 cm³/mol. The monoisotopic (exact) mass is 360 g/mol. The van der Waals surface area contributed by atoms with Gasteiger partial charge in [-0.2, -0.15) is 0 Å². The number of hydrogen-bond donors (Lipinski definition) is 2. The van der Waals surface area contributed by atoms with Crippen molar-refractivity contribution in [1.29, 1.82) is 0 Å². The van der Waals surface area contributed by atoms with Gasteiger partial charge in [-0.25, -0.2) is 0 Å². The molecule has 0 aromatic carbocycles. The Hall–Kier alpha value is -0.780. The molecule has 1 rings (SSSR count). The van der Waals surface area contributed by atoms with Crippen LogP contribution in [0.1, 0.15) is 45.4 Å². The fourth-order valence-electron chi connectivity index (χ4n) is 2.93. The van der Waals surface area contributed by atoms with Crippen LogP contribution in [-0.4, -0.2) is 60.1 Å². The second kappa shape index (κ2) is 11.7. The first kappa shape index (κ1) is 21.3. The highest BCUT2D eigenvalue weighted by Gasteiger charge is 2.29. The second-order valence-electron chi connectivity index (χ2n) is 6.04. The molecule has 0 bridgehead atoms. The Kier molecular flexibility index (Phi) is 10.4. The Morgan fingerprint density at radius 3 is 2.67 bits per heavy atom. The number of rotatable bonds is 11. The summed E-state index contributed by atoms with van der Waals surface area (Å²) in [5.74, 6) is -0.401. The van der Waals surface area contributed by atoms with Crippen molar-refractivity contribution in [2.24, 2.45) is 0 Å². The lowest BCUT2D eigenvalue weighted by Gasteiger charge is -2.34. The standard InChI is InChI=1S/C17H29O6P/c1-4-21-17(20)10-13(19)9-15-7-12(2)8-16(22-15)11-14(5-6-18)23-24-3/h13-16,18-19H,2-11H2,1H3/t13-,14+,15-,16+/m1/s1. The van der Waals surface area contributed by atoms with Crippen LogP contribution in [0.4, 0.5) is 0 Å². The maximum absolute atomic E-state index is 11.4. The van der Waals surface area contributed by atoms with Crippen molar-refractivity contribution in [3.8, 4) is 0 Å². The fourth-order valence-corrected chi connectivity index (χ4v) is 3.33. The Labute approximate surface area is 145 Å². The van der Waals surface area contributed by atoms with Crippen LogP contribution in [0.2, 0.25) is 0 Å². The smallest absolute Gasteiger partial charge is 0.308 e. The van der Waals surface area contributed by atoms with Crippen molar-refractivity contribution < 1.29 is 29.0 Å². The molecule has 24 heavy (non-hydrogen) atoms. The van der Waals surface area contributed by atoms with Gasteiger partial charge in [-0.1, -0.05) is 12.2 Å². The van der Waals surface area contributed by atoms with E-state index in [1.54, 1.807) is 6.92 Å². The van der Waals surface area contributed by atoms with Crippen LogP contribution < -0.4 is 0 Å². The number of esters is 1. The lowest BCUT2D eigenvalue weighted by molar-refractivity contribution is -0.146. The summed E-state index contributed by atoms with van der Waals surface area (Å²) in [6.07, 6.45) is 5.44. The Balaban J connectivity index is 2.50. The van der Waals surface area contributed by atoms with Gasteiger partial charge in [0.05, 0.1) is 37.4 Å². The summed E-state index contributed by atoms with van der Waals surface area (Å²) in [6.45, 7) is 6.15. The summed E-state index contributed by atoms with van der Waals surface area (Å²) >= 11 is 0. The quantitative estimate of drug-likeness (QED) is 0.334. The lowest BCUT2D eigenvalue weighted by atomic mass is 9.92. The van der Waals surface area contributed by atoms with E-state index >= 15 is 0 Å². The molecule has 0 radical (unpaired) electrons. The molecule has 0 amide bonds. The average molecular weight is 360 g/mol. The molecule has 4 atom stereocenters. The van der Waals surface area contributed by atoms with Crippen LogP contribution in [0, 0.1) is 0 Å². The molecule has 0 saturated carbocycles. The van der Waals surface area contributed by atoms with Gasteiger partial charge in [-0.3, -0.25) is 4.79 Å². The first-order valence-corrected chi connectivity index (χ1v) is 9.36. The number of aliphatic hydroxyl groups excluding tert-OH is 2. The third-order valence-electron chi connectivity index (χ3n) is 3.86. The molecular formula is C17H29O6P. The van der Waals surface area contributed by atoms with Gasteiger partial charge in [0.1, 0.15) is 0 Å². The molecule has 138 valence electrons. The zero-order valence-electron chi connectivity index (χ0n) is 14.4. The zero-order chi connectivity index (χ0) is 17.9. The lowest BCUT2D eigenvalue weighted by Crippen LogP contribution is -2.34. The normalized spacial score (nSPS) is 23.9. The largest absolute Gasteiger partial charge is 0.466 e. The molecule has 1 saturated heterocycles. The number of carbonyl (C=O) groups excluding carboxylic acids is 1. The minimum absolute atomic E-state index is 0.0263. The van der Waals surface area contributed by atoms with E-state index in [0.29, 0.717) is 40.7 Å². The van der Waals surface area contributed by atoms with Crippen molar-refractivity contribution in [3.63, 3.8) is 0 Å². The molecule has 1 heterocycles. The van der Waals surface area contributed by atoms with E-state index in [4.69, 9.17) is 19.1 Å². The van der Waals surface area contributed by atoms with E-state index in [2.05, 4.69) is 12.9 Å². The van der Waals surface area contributed by atoms with Gasteiger partial charge in [0, 0.05) is 27.9 Å². The highest BCUT2D eigenvalue weighted by molar-refractivity contribution is 7.31. The summed E-state index contributed by atoms with van der Waals surface area (Å²) in [5.41, 5.74) is 1.06. The van der Waals surface area contributed by atoms with Crippen LogP contribution in [0.25, 0.3) is 0 Å². The summed E-state index contributed by atoms with van der Waals surface area (Å²) < 4.78 is 16.4. The van der Waals surface area contributed by atoms with Crippen LogP contribution in [0.3, 0.4) is 0 Å². The van der Waals surface area contributed by atoms with Crippen molar-refractivity contribution >= 4 is 20.7 Å². The number of ether oxygens (including phenoxy) is 2. The highest BCUT2D eigenvalue weighted by Crippen LogP contribution is 2.30. The topological polar surface area (TPSA) is 85.2 Å². The third kappa shape index (κ3) is 8.36. The summed E-state index contributed by atoms with van der Waals surface area (Å²) in [7, 11) is 0.575. The van der Waals surface area contributed by atoms with Gasteiger partial charge in [0.2, 0.25) is 0 Å². The van der Waals surface area contributed by atoms with Crippen molar-refractivity contribution in [1.82, 2.24) is 0 Å². The van der Waals surface area contributed by atoms with Gasteiger partial charge < -0.3 is 24.2 Å². The number of aliphatic hydroxyl groups is 2. The minimum atomic E-state index is -0.788. The van der Waals surface area contributed by atoms with Crippen LogP contribution in [-0.2, 0) is 18.8 Å². The molecule has 0 aliphatic carbocycles. The molecule has 0 aromatic rings. The van der Waals surface area contributed by atoms with E-state index in [9.17, 15) is 9.90 Å². The zero-order valence-corrected chi connectivity index (χ0v) is 15.2. The van der Waals surface area contributed by atoms with E-state index < -0.39 is 12.1 Å². The van der Waals surface area contributed by atoms with E-state index in [-0.39, 0.29) is 31.3 Å². The van der Waals surface area contributed by atoms with Crippen molar-refractivity contribution in [3.05, 3.63) is 12.2 Å². The average Bonchev–Trinajstić information content (AvgIpc) is 2.46. The maximum atomic E-state index is 11.4. The van der Waals surface area contributed by atoms with Crippen molar-refractivity contribution in [2.45, 2.75) is 69.9 Å². The maximum Gasteiger partial charge on any atom is 0.308 e. The molecule has 1 aliphatic rings. The number of carbonyl (C=O) groups is 1. The molecule has 1 aliphatic heterocycles. The molecule has 7 heteroatoms. The molecule has 1 fully saturated rings. The molecule has 0 spiro atoms. The van der Waals surface area contributed by atoms with Gasteiger partial charge in [-0.05, 0) is 32.5 Å². The fraction of sp³-hybridized carbons (Fsp3) is 0.765. The minimum Gasteiger partial charge on any atom is -0.466 e. The summed E-state index contributed by atoms with van der Waals surface area (Å²) in [4.78, 5) is 11.4. The van der Waals surface area contributed by atoms with E-state index in [0.717, 1.165) is 12.0 Å². The van der Waals surface area contributed by atoms with Crippen LogP contribution in [0.15, 0.2) is 12.2 Å². The third-order valence-corrected chi connectivity index (χ3v) is 4.31. The van der Waals surface area contributed by atoms with Gasteiger partial charge in [0.25, 0.3) is 0 Å². The number of hydrogen-bond acceptors (Lipinski definition) is 6. The van der Waals surface area contributed by atoms with Gasteiger partial charge >= 0.3 is 5.97 Å². The van der Waals surface area contributed by atoms with Crippen LogP contribution in [0.5, 0.6) is 0 Å². The predicted octanol–water partition coefficient (Wildman–Crippen LogP) is 2.25. The van der Waals surface area contributed by atoms with E-state index in [1.807, 2.05) is 0 Å². The first-order chi connectivity index (χ1) is 11.5. The Morgan fingerprint density at radius 2 is 2.08 bits per heavy atom. The SMILES string of the molecule is C=PO[C@@H](CCO)C[C@@H]1CC(=C)C[C@H](C[C@@H](O)CC(=O)OCC)O1. The first-order valence-electron chi connectivity index (χ1n) is 8.36. The summed E-state index contributed by atoms with van der Waals surface area (Å²) in [6, 6.07) is 0. The highest BCUT2D eigenvalue weighted by atomic mass is 31.1. The Morgan fingerprint density at radius 1 is 1.42 bits per heavy atom. The molecule has 2 N–H and O–H groups in total.